The smallest absolute Gasteiger partial charge is 0.210 e. The van der Waals surface area contributed by atoms with E-state index in [4.69, 9.17) is 23.2 Å². The van der Waals surface area contributed by atoms with Crippen molar-refractivity contribution in [2.45, 2.75) is 37.2 Å². The minimum absolute atomic E-state index is 0.143. The molecule has 2 aromatic rings. The first-order valence-electron chi connectivity index (χ1n) is 5.73. The second kappa shape index (κ2) is 5.69. The highest BCUT2D eigenvalue weighted by Gasteiger charge is 2.20. The van der Waals surface area contributed by atoms with E-state index in [9.17, 15) is 0 Å². The molecule has 1 aromatic heterocycles. The van der Waals surface area contributed by atoms with Crippen LogP contribution in [0.1, 0.15) is 26.3 Å². The summed E-state index contributed by atoms with van der Waals surface area (Å²) in [6.45, 7) is 6.17. The van der Waals surface area contributed by atoms with Crippen molar-refractivity contribution >= 4 is 35.0 Å². The van der Waals surface area contributed by atoms with Gasteiger partial charge in [-0.05, 0) is 48.9 Å². The molecule has 0 N–H and O–H groups in total. The Hall–Kier alpha value is -0.780. The molecule has 0 aliphatic carbocycles. The lowest BCUT2D eigenvalue weighted by molar-refractivity contribution is 0.321. The Balaban J connectivity index is 2.13. The zero-order valence-corrected chi connectivity index (χ0v) is 13.2. The van der Waals surface area contributed by atoms with Crippen molar-refractivity contribution < 1.29 is 0 Å². The fraction of sp³-hybridized carbons (Fsp3) is 0.417. The van der Waals surface area contributed by atoms with Gasteiger partial charge in [-0.3, -0.25) is 0 Å². The normalized spacial score (nSPS) is 11.8. The van der Waals surface area contributed by atoms with Crippen LogP contribution in [0, 0.1) is 0 Å². The predicted octanol–water partition coefficient (Wildman–Crippen LogP) is 4.03. The minimum Gasteiger partial charge on any atom is -0.215 e. The Labute approximate surface area is 126 Å². The van der Waals surface area contributed by atoms with Gasteiger partial charge in [0.1, 0.15) is 0 Å². The van der Waals surface area contributed by atoms with Crippen LogP contribution in [0.3, 0.4) is 0 Å². The van der Waals surface area contributed by atoms with Gasteiger partial charge in [0.15, 0.2) is 0 Å². The van der Waals surface area contributed by atoms with E-state index in [-0.39, 0.29) is 5.54 Å². The van der Waals surface area contributed by atoms with Crippen molar-refractivity contribution in [3.63, 3.8) is 0 Å². The van der Waals surface area contributed by atoms with Crippen molar-refractivity contribution in [3.05, 3.63) is 33.8 Å². The molecular formula is C12H14Cl2N4S. The summed E-state index contributed by atoms with van der Waals surface area (Å²) in [7, 11) is 0. The molecule has 0 radical (unpaired) electrons. The van der Waals surface area contributed by atoms with Gasteiger partial charge in [0.25, 0.3) is 0 Å². The summed E-state index contributed by atoms with van der Waals surface area (Å²) < 4.78 is 1.81. The largest absolute Gasteiger partial charge is 0.215 e. The van der Waals surface area contributed by atoms with E-state index in [1.54, 1.807) is 17.8 Å². The van der Waals surface area contributed by atoms with Crippen LogP contribution >= 0.6 is 35.0 Å². The first-order chi connectivity index (χ1) is 8.88. The monoisotopic (exact) mass is 316 g/mol. The van der Waals surface area contributed by atoms with Crippen molar-refractivity contribution in [3.8, 4) is 0 Å². The summed E-state index contributed by atoms with van der Waals surface area (Å²) in [6, 6.07) is 5.49. The number of nitrogens with zero attached hydrogens (tertiary/aromatic N) is 4. The second-order valence-electron chi connectivity index (χ2n) is 5.07. The van der Waals surface area contributed by atoms with E-state index in [1.165, 1.54) is 0 Å². The molecular weight excluding hydrogens is 303 g/mol. The molecule has 4 nitrogen and oxygen atoms in total. The summed E-state index contributed by atoms with van der Waals surface area (Å²) >= 11 is 13.6. The van der Waals surface area contributed by atoms with Crippen LogP contribution in [0.2, 0.25) is 10.0 Å². The molecule has 2 rings (SSSR count). The van der Waals surface area contributed by atoms with E-state index < -0.39 is 0 Å². The average molecular weight is 317 g/mol. The van der Waals surface area contributed by atoms with Crippen LogP contribution < -0.4 is 0 Å². The fourth-order valence-corrected chi connectivity index (χ4v) is 3.09. The van der Waals surface area contributed by atoms with Gasteiger partial charge >= 0.3 is 0 Å². The van der Waals surface area contributed by atoms with E-state index >= 15 is 0 Å². The lowest BCUT2D eigenvalue weighted by atomic mass is 10.1. The third-order valence-electron chi connectivity index (χ3n) is 2.45. The van der Waals surface area contributed by atoms with Gasteiger partial charge in [-0.15, -0.1) is 5.10 Å². The van der Waals surface area contributed by atoms with Gasteiger partial charge in [-0.1, -0.05) is 41.0 Å². The van der Waals surface area contributed by atoms with Gasteiger partial charge in [0.05, 0.1) is 5.54 Å². The first-order valence-corrected chi connectivity index (χ1v) is 7.47. The summed E-state index contributed by atoms with van der Waals surface area (Å²) in [6.07, 6.45) is 0. The predicted molar refractivity (Wildman–Crippen MR) is 78.8 cm³/mol. The number of hydrogen-bond acceptors (Lipinski definition) is 4. The Morgan fingerprint density at radius 1 is 1.26 bits per heavy atom. The van der Waals surface area contributed by atoms with E-state index in [2.05, 4.69) is 36.3 Å². The molecule has 1 aromatic carbocycles. The van der Waals surface area contributed by atoms with Crippen LogP contribution in [-0.4, -0.2) is 20.2 Å². The molecule has 102 valence electrons. The molecule has 0 unspecified atom stereocenters. The molecule has 0 aliphatic heterocycles. The first kappa shape index (κ1) is 14.6. The standard InChI is InChI=1S/C12H14Cl2N4S/c1-12(2,3)18-11(15-16-17-18)19-7-8-4-5-9(13)6-10(8)14/h4-6H,7H2,1-3H3. The van der Waals surface area contributed by atoms with Crippen LogP contribution in [-0.2, 0) is 11.3 Å². The number of halogens is 2. The summed E-state index contributed by atoms with van der Waals surface area (Å²) in [5.41, 5.74) is 0.870. The van der Waals surface area contributed by atoms with Crippen molar-refractivity contribution in [1.82, 2.24) is 20.2 Å². The third kappa shape index (κ3) is 3.61. The van der Waals surface area contributed by atoms with E-state index in [1.807, 2.05) is 16.8 Å². The zero-order valence-electron chi connectivity index (χ0n) is 10.9. The van der Waals surface area contributed by atoms with Gasteiger partial charge in [-0.2, -0.15) is 0 Å². The molecule has 0 spiro atoms. The SMILES string of the molecule is CC(C)(C)n1nnnc1SCc1ccc(Cl)cc1Cl. The molecule has 0 bridgehead atoms. The molecule has 7 heteroatoms. The maximum absolute atomic E-state index is 6.14. The third-order valence-corrected chi connectivity index (χ3v) is 4.00. The number of hydrogen-bond donors (Lipinski definition) is 0. The number of aromatic nitrogens is 4. The van der Waals surface area contributed by atoms with Crippen LogP contribution in [0.5, 0.6) is 0 Å². The number of benzene rings is 1. The summed E-state index contributed by atoms with van der Waals surface area (Å²) in [5, 5.41) is 13.9. The van der Waals surface area contributed by atoms with Crippen LogP contribution in [0.4, 0.5) is 0 Å². The molecule has 1 heterocycles. The Bertz CT molecular complexity index is 577. The Kier molecular flexibility index (Phi) is 4.38. The summed E-state index contributed by atoms with van der Waals surface area (Å²) in [5.74, 6) is 0.701. The Morgan fingerprint density at radius 3 is 2.63 bits per heavy atom. The number of rotatable bonds is 3. The van der Waals surface area contributed by atoms with E-state index in [0.29, 0.717) is 15.8 Å². The molecule has 0 saturated carbocycles. The van der Waals surface area contributed by atoms with Crippen LogP contribution in [0.15, 0.2) is 23.4 Å². The van der Waals surface area contributed by atoms with Crippen molar-refractivity contribution in [2.24, 2.45) is 0 Å². The lowest BCUT2D eigenvalue weighted by Gasteiger charge is -2.19. The molecule has 0 fully saturated rings. The maximum atomic E-state index is 6.14. The summed E-state index contributed by atoms with van der Waals surface area (Å²) in [4.78, 5) is 0. The zero-order chi connectivity index (χ0) is 14.0. The van der Waals surface area contributed by atoms with Crippen LogP contribution in [0.25, 0.3) is 0 Å². The van der Waals surface area contributed by atoms with Crippen molar-refractivity contribution in [2.75, 3.05) is 0 Å². The average Bonchev–Trinajstić information content (AvgIpc) is 2.75. The second-order valence-corrected chi connectivity index (χ2v) is 6.85. The highest BCUT2D eigenvalue weighted by Crippen LogP contribution is 2.29. The molecule has 0 saturated heterocycles. The lowest BCUT2D eigenvalue weighted by Crippen LogP contribution is -2.24. The quantitative estimate of drug-likeness (QED) is 0.802. The molecule has 0 atom stereocenters. The molecule has 19 heavy (non-hydrogen) atoms. The minimum atomic E-state index is -0.143. The Morgan fingerprint density at radius 2 is 2.00 bits per heavy atom. The highest BCUT2D eigenvalue weighted by molar-refractivity contribution is 7.98. The van der Waals surface area contributed by atoms with Gasteiger partial charge in [0.2, 0.25) is 5.16 Å². The number of thioether (sulfide) groups is 1. The van der Waals surface area contributed by atoms with E-state index in [0.717, 1.165) is 10.7 Å². The van der Waals surface area contributed by atoms with Gasteiger partial charge in [-0.25, -0.2) is 4.68 Å². The van der Waals surface area contributed by atoms with Gasteiger partial charge in [0, 0.05) is 15.8 Å². The molecule has 0 aliphatic rings. The number of tetrazole rings is 1. The molecule has 0 amide bonds. The highest BCUT2D eigenvalue weighted by atomic mass is 35.5. The maximum Gasteiger partial charge on any atom is 0.210 e. The topological polar surface area (TPSA) is 43.6 Å². The van der Waals surface area contributed by atoms with Gasteiger partial charge < -0.3 is 0 Å². The fourth-order valence-electron chi connectivity index (χ4n) is 1.47. The van der Waals surface area contributed by atoms with Crippen molar-refractivity contribution in [1.29, 1.82) is 0 Å².